The quantitative estimate of drug-likeness (QED) is 0.845. The standard InChI is InChI=1S/C16H15ClN2S/c17-11-5-6-16-14(9-11)19(12-7-8-18-10-12)13-3-1-2-4-15(13)20-16/h1-6,9,12,18H,7-8,10H2. The van der Waals surface area contributed by atoms with E-state index in [0.29, 0.717) is 6.04 Å². The highest BCUT2D eigenvalue weighted by molar-refractivity contribution is 7.99. The van der Waals surface area contributed by atoms with Crippen LogP contribution in [0.15, 0.2) is 52.3 Å². The highest BCUT2D eigenvalue weighted by Crippen LogP contribution is 2.50. The maximum absolute atomic E-state index is 6.22. The molecule has 1 saturated heterocycles. The van der Waals surface area contributed by atoms with Gasteiger partial charge in [0.05, 0.1) is 11.4 Å². The molecule has 0 spiro atoms. The Morgan fingerprint density at radius 1 is 1.10 bits per heavy atom. The number of fused-ring (bicyclic) bond motifs is 2. The second-order valence-corrected chi connectivity index (χ2v) is 6.72. The van der Waals surface area contributed by atoms with E-state index in [1.807, 2.05) is 17.8 Å². The summed E-state index contributed by atoms with van der Waals surface area (Å²) in [4.78, 5) is 5.08. The van der Waals surface area contributed by atoms with Gasteiger partial charge in [-0.1, -0.05) is 35.5 Å². The molecule has 1 atom stereocenters. The lowest BCUT2D eigenvalue weighted by atomic mass is 10.1. The fourth-order valence-corrected chi connectivity index (χ4v) is 4.23. The Morgan fingerprint density at radius 3 is 2.80 bits per heavy atom. The van der Waals surface area contributed by atoms with Gasteiger partial charge in [0.25, 0.3) is 0 Å². The molecule has 0 bridgehead atoms. The minimum atomic E-state index is 0.509. The van der Waals surface area contributed by atoms with Gasteiger partial charge in [-0.2, -0.15) is 0 Å². The Bertz CT molecular complexity index is 653. The van der Waals surface area contributed by atoms with Gasteiger partial charge in [-0.05, 0) is 43.3 Å². The summed E-state index contributed by atoms with van der Waals surface area (Å²) in [5.74, 6) is 0. The predicted octanol–water partition coefficient (Wildman–Crippen LogP) is 4.30. The first-order valence-electron chi connectivity index (χ1n) is 6.89. The number of anilines is 2. The Kier molecular flexibility index (Phi) is 3.14. The summed E-state index contributed by atoms with van der Waals surface area (Å²) < 4.78 is 0. The van der Waals surface area contributed by atoms with Crippen molar-refractivity contribution in [2.24, 2.45) is 0 Å². The molecule has 20 heavy (non-hydrogen) atoms. The second-order valence-electron chi connectivity index (χ2n) is 5.20. The zero-order valence-electron chi connectivity index (χ0n) is 11.0. The van der Waals surface area contributed by atoms with E-state index in [9.17, 15) is 0 Å². The minimum absolute atomic E-state index is 0.509. The largest absolute Gasteiger partial charge is 0.335 e. The molecule has 0 aromatic heterocycles. The Hall–Kier alpha value is -1.16. The smallest absolute Gasteiger partial charge is 0.0570 e. The van der Waals surface area contributed by atoms with Gasteiger partial charge in [0.1, 0.15) is 0 Å². The summed E-state index contributed by atoms with van der Waals surface area (Å²) in [6.07, 6.45) is 1.17. The average molecular weight is 303 g/mol. The number of nitrogens with zero attached hydrogens (tertiary/aromatic N) is 1. The van der Waals surface area contributed by atoms with Crippen molar-refractivity contribution in [3.8, 4) is 0 Å². The molecule has 1 unspecified atom stereocenters. The monoisotopic (exact) mass is 302 g/mol. The van der Waals surface area contributed by atoms with Crippen molar-refractivity contribution in [1.29, 1.82) is 0 Å². The van der Waals surface area contributed by atoms with Crippen molar-refractivity contribution < 1.29 is 0 Å². The highest BCUT2D eigenvalue weighted by atomic mass is 35.5. The van der Waals surface area contributed by atoms with Crippen molar-refractivity contribution in [2.75, 3.05) is 18.0 Å². The van der Waals surface area contributed by atoms with Crippen LogP contribution in [0.25, 0.3) is 0 Å². The number of halogens is 1. The summed E-state index contributed by atoms with van der Waals surface area (Å²) >= 11 is 8.06. The fraction of sp³-hybridized carbons (Fsp3) is 0.250. The van der Waals surface area contributed by atoms with E-state index in [-0.39, 0.29) is 0 Å². The van der Waals surface area contributed by atoms with Crippen molar-refractivity contribution in [3.63, 3.8) is 0 Å². The maximum Gasteiger partial charge on any atom is 0.0570 e. The molecule has 2 aliphatic rings. The van der Waals surface area contributed by atoms with Gasteiger partial charge in [0.2, 0.25) is 0 Å². The van der Waals surface area contributed by atoms with Crippen LogP contribution in [0.3, 0.4) is 0 Å². The van der Waals surface area contributed by atoms with Crippen LogP contribution >= 0.6 is 23.4 Å². The third-order valence-corrected chi connectivity index (χ3v) is 5.29. The van der Waals surface area contributed by atoms with Gasteiger partial charge in [0, 0.05) is 27.4 Å². The van der Waals surface area contributed by atoms with Crippen molar-refractivity contribution in [2.45, 2.75) is 22.3 Å². The van der Waals surface area contributed by atoms with Crippen molar-refractivity contribution in [1.82, 2.24) is 5.32 Å². The molecule has 2 heterocycles. The summed E-state index contributed by atoms with van der Waals surface area (Å²) in [6.45, 7) is 2.12. The third kappa shape index (κ3) is 2.01. The van der Waals surface area contributed by atoms with Crippen LogP contribution in [0.1, 0.15) is 6.42 Å². The van der Waals surface area contributed by atoms with Crippen LogP contribution in [0.2, 0.25) is 5.02 Å². The van der Waals surface area contributed by atoms with Gasteiger partial charge in [0.15, 0.2) is 0 Å². The third-order valence-electron chi connectivity index (χ3n) is 3.92. The second kappa shape index (κ2) is 4.99. The summed E-state index contributed by atoms with van der Waals surface area (Å²) in [5.41, 5.74) is 2.55. The van der Waals surface area contributed by atoms with Crippen LogP contribution in [0.5, 0.6) is 0 Å². The summed E-state index contributed by atoms with van der Waals surface area (Å²) in [5, 5.41) is 4.27. The van der Waals surface area contributed by atoms with Crippen LogP contribution in [0.4, 0.5) is 11.4 Å². The van der Waals surface area contributed by atoms with Gasteiger partial charge in [-0.3, -0.25) is 0 Å². The van der Waals surface area contributed by atoms with Crippen LogP contribution < -0.4 is 10.2 Å². The number of benzene rings is 2. The number of hydrogen-bond donors (Lipinski definition) is 1. The highest BCUT2D eigenvalue weighted by Gasteiger charge is 2.30. The average Bonchev–Trinajstić information content (AvgIpc) is 2.98. The normalized spacial score (nSPS) is 20.6. The molecule has 0 saturated carbocycles. The van der Waals surface area contributed by atoms with E-state index in [0.717, 1.165) is 18.1 Å². The Balaban J connectivity index is 1.88. The van der Waals surface area contributed by atoms with E-state index in [1.54, 1.807) is 0 Å². The first-order chi connectivity index (χ1) is 9.83. The van der Waals surface area contributed by atoms with Gasteiger partial charge in [-0.25, -0.2) is 0 Å². The van der Waals surface area contributed by atoms with E-state index in [2.05, 4.69) is 46.6 Å². The number of para-hydroxylation sites is 1. The lowest BCUT2D eigenvalue weighted by Gasteiger charge is -2.37. The van der Waals surface area contributed by atoms with Crippen molar-refractivity contribution in [3.05, 3.63) is 47.5 Å². The Morgan fingerprint density at radius 2 is 1.95 bits per heavy atom. The van der Waals surface area contributed by atoms with E-state index >= 15 is 0 Å². The van der Waals surface area contributed by atoms with Gasteiger partial charge in [-0.15, -0.1) is 0 Å². The molecule has 2 nitrogen and oxygen atoms in total. The molecule has 1 fully saturated rings. The minimum Gasteiger partial charge on any atom is -0.335 e. The molecule has 2 aromatic carbocycles. The van der Waals surface area contributed by atoms with E-state index in [1.165, 1.54) is 27.6 Å². The Labute approximate surface area is 128 Å². The topological polar surface area (TPSA) is 15.3 Å². The summed E-state index contributed by atoms with van der Waals surface area (Å²) in [6, 6.07) is 15.4. The molecule has 4 heteroatoms. The fourth-order valence-electron chi connectivity index (χ4n) is 3.01. The van der Waals surface area contributed by atoms with Gasteiger partial charge < -0.3 is 10.2 Å². The lowest BCUT2D eigenvalue weighted by molar-refractivity contribution is 0.701. The number of hydrogen-bond acceptors (Lipinski definition) is 3. The molecule has 0 aliphatic carbocycles. The molecule has 102 valence electrons. The van der Waals surface area contributed by atoms with Gasteiger partial charge >= 0.3 is 0 Å². The summed E-state index contributed by atoms with van der Waals surface area (Å²) in [7, 11) is 0. The van der Waals surface area contributed by atoms with Crippen LogP contribution in [0, 0.1) is 0 Å². The zero-order valence-corrected chi connectivity index (χ0v) is 12.5. The molecule has 4 rings (SSSR count). The molecule has 2 aromatic rings. The number of rotatable bonds is 1. The van der Waals surface area contributed by atoms with Crippen LogP contribution in [-0.2, 0) is 0 Å². The maximum atomic E-state index is 6.22. The zero-order chi connectivity index (χ0) is 13.5. The molecule has 1 N–H and O–H groups in total. The molecule has 2 aliphatic heterocycles. The number of nitrogens with one attached hydrogen (secondary N) is 1. The molecule has 0 radical (unpaired) electrons. The van der Waals surface area contributed by atoms with E-state index < -0.39 is 0 Å². The SMILES string of the molecule is Clc1ccc2c(c1)N(C1CCNC1)c1ccccc1S2. The molecular weight excluding hydrogens is 288 g/mol. The van der Waals surface area contributed by atoms with Crippen LogP contribution in [-0.4, -0.2) is 19.1 Å². The van der Waals surface area contributed by atoms with Crippen molar-refractivity contribution >= 4 is 34.7 Å². The van der Waals surface area contributed by atoms with E-state index in [4.69, 9.17) is 11.6 Å². The lowest BCUT2D eigenvalue weighted by Crippen LogP contribution is -2.34. The first kappa shape index (κ1) is 12.6. The first-order valence-corrected chi connectivity index (χ1v) is 8.09. The molecule has 0 amide bonds. The predicted molar refractivity (Wildman–Crippen MR) is 85.4 cm³/mol. The molecular formula is C16H15ClN2S.